The molecule has 0 aliphatic carbocycles. The third-order valence-electron chi connectivity index (χ3n) is 4.07. The number of anilines is 1. The SMILES string of the molecule is CC(=O)Nc1cccc(C(=O)N/N=C\c2ccccc2OCc2ccccc2Cl)c1. The van der Waals surface area contributed by atoms with Crippen molar-refractivity contribution in [2.75, 3.05) is 5.32 Å². The molecule has 0 heterocycles. The zero-order chi connectivity index (χ0) is 21.3. The smallest absolute Gasteiger partial charge is 0.271 e. The third kappa shape index (κ3) is 5.93. The molecule has 3 aromatic rings. The fourth-order valence-electron chi connectivity index (χ4n) is 2.66. The second-order valence-corrected chi connectivity index (χ2v) is 6.79. The number of halogens is 1. The van der Waals surface area contributed by atoms with Crippen LogP contribution in [0.15, 0.2) is 77.9 Å². The number of nitrogens with zero attached hydrogens (tertiary/aromatic N) is 1. The average Bonchev–Trinajstić information content (AvgIpc) is 2.73. The summed E-state index contributed by atoms with van der Waals surface area (Å²) in [5.74, 6) is 0.00923. The summed E-state index contributed by atoms with van der Waals surface area (Å²) in [4.78, 5) is 23.5. The summed E-state index contributed by atoms with van der Waals surface area (Å²) in [5, 5.41) is 7.30. The highest BCUT2D eigenvalue weighted by atomic mass is 35.5. The minimum Gasteiger partial charge on any atom is -0.488 e. The first-order valence-electron chi connectivity index (χ1n) is 9.19. The van der Waals surface area contributed by atoms with E-state index in [0.717, 1.165) is 5.56 Å². The van der Waals surface area contributed by atoms with Gasteiger partial charge in [-0.2, -0.15) is 5.10 Å². The van der Waals surface area contributed by atoms with Gasteiger partial charge < -0.3 is 10.1 Å². The number of amides is 2. The maximum atomic E-state index is 12.3. The quantitative estimate of drug-likeness (QED) is 0.430. The van der Waals surface area contributed by atoms with E-state index < -0.39 is 5.91 Å². The van der Waals surface area contributed by atoms with Gasteiger partial charge in [0, 0.05) is 34.3 Å². The van der Waals surface area contributed by atoms with Crippen LogP contribution in [0.1, 0.15) is 28.4 Å². The topological polar surface area (TPSA) is 79.8 Å². The van der Waals surface area contributed by atoms with Gasteiger partial charge in [-0.25, -0.2) is 5.43 Å². The number of para-hydroxylation sites is 1. The van der Waals surface area contributed by atoms with E-state index in [9.17, 15) is 9.59 Å². The van der Waals surface area contributed by atoms with Crippen molar-refractivity contribution in [3.63, 3.8) is 0 Å². The second-order valence-electron chi connectivity index (χ2n) is 6.38. The molecule has 2 N–H and O–H groups in total. The lowest BCUT2D eigenvalue weighted by Crippen LogP contribution is -2.18. The first-order valence-corrected chi connectivity index (χ1v) is 9.57. The predicted octanol–water partition coefficient (Wildman–Crippen LogP) is 4.64. The van der Waals surface area contributed by atoms with E-state index in [4.69, 9.17) is 16.3 Å². The molecule has 2 amide bonds. The number of nitrogens with one attached hydrogen (secondary N) is 2. The van der Waals surface area contributed by atoms with E-state index in [1.165, 1.54) is 13.1 Å². The Labute approximate surface area is 179 Å². The summed E-state index contributed by atoms with van der Waals surface area (Å²) in [6.07, 6.45) is 1.51. The molecule has 0 radical (unpaired) electrons. The molecule has 0 spiro atoms. The zero-order valence-corrected chi connectivity index (χ0v) is 17.0. The Hall–Kier alpha value is -3.64. The van der Waals surface area contributed by atoms with Crippen LogP contribution in [0.3, 0.4) is 0 Å². The third-order valence-corrected chi connectivity index (χ3v) is 4.44. The van der Waals surface area contributed by atoms with Crippen LogP contribution >= 0.6 is 11.6 Å². The van der Waals surface area contributed by atoms with E-state index in [0.29, 0.717) is 34.2 Å². The number of carbonyl (C=O) groups excluding carboxylic acids is 2. The van der Waals surface area contributed by atoms with Gasteiger partial charge >= 0.3 is 0 Å². The monoisotopic (exact) mass is 421 g/mol. The van der Waals surface area contributed by atoms with E-state index in [1.807, 2.05) is 48.5 Å². The van der Waals surface area contributed by atoms with Crippen LogP contribution < -0.4 is 15.5 Å². The van der Waals surface area contributed by atoms with Crippen molar-refractivity contribution in [1.29, 1.82) is 0 Å². The highest BCUT2D eigenvalue weighted by Crippen LogP contribution is 2.21. The largest absolute Gasteiger partial charge is 0.488 e. The summed E-state index contributed by atoms with van der Waals surface area (Å²) in [5.41, 5.74) is 4.97. The Morgan fingerprint density at radius 1 is 1.03 bits per heavy atom. The van der Waals surface area contributed by atoms with Crippen molar-refractivity contribution in [3.8, 4) is 5.75 Å². The van der Waals surface area contributed by atoms with Gasteiger partial charge in [-0.05, 0) is 36.4 Å². The lowest BCUT2D eigenvalue weighted by molar-refractivity contribution is -0.114. The van der Waals surface area contributed by atoms with E-state index in [1.54, 1.807) is 24.3 Å². The number of benzene rings is 3. The molecule has 3 rings (SSSR count). The van der Waals surface area contributed by atoms with Gasteiger partial charge in [-0.15, -0.1) is 0 Å². The first-order chi connectivity index (χ1) is 14.5. The highest BCUT2D eigenvalue weighted by Gasteiger charge is 2.07. The average molecular weight is 422 g/mol. The minimum atomic E-state index is -0.395. The molecule has 0 bridgehead atoms. The van der Waals surface area contributed by atoms with E-state index >= 15 is 0 Å². The molecule has 0 saturated heterocycles. The maximum absolute atomic E-state index is 12.3. The molecule has 30 heavy (non-hydrogen) atoms. The van der Waals surface area contributed by atoms with Crippen molar-refractivity contribution in [1.82, 2.24) is 5.43 Å². The number of hydrazone groups is 1. The van der Waals surface area contributed by atoms with Crippen LogP contribution in [0.25, 0.3) is 0 Å². The molecule has 0 aliphatic heterocycles. The van der Waals surface area contributed by atoms with Gasteiger partial charge in [-0.1, -0.05) is 48.0 Å². The Balaban J connectivity index is 1.64. The Morgan fingerprint density at radius 2 is 1.80 bits per heavy atom. The summed E-state index contributed by atoms with van der Waals surface area (Å²) in [6.45, 7) is 1.72. The van der Waals surface area contributed by atoms with Crippen LogP contribution in [0, 0.1) is 0 Å². The highest BCUT2D eigenvalue weighted by molar-refractivity contribution is 6.31. The van der Waals surface area contributed by atoms with Gasteiger partial charge in [0.2, 0.25) is 5.91 Å². The fraction of sp³-hybridized carbons (Fsp3) is 0.0870. The summed E-state index contributed by atoms with van der Waals surface area (Å²) in [6, 6.07) is 21.4. The first kappa shape index (κ1) is 21.1. The fourth-order valence-corrected chi connectivity index (χ4v) is 2.85. The number of ether oxygens (including phenoxy) is 1. The van der Waals surface area contributed by atoms with Gasteiger partial charge in [0.1, 0.15) is 12.4 Å². The van der Waals surface area contributed by atoms with Gasteiger partial charge in [0.15, 0.2) is 0 Å². The van der Waals surface area contributed by atoms with Crippen molar-refractivity contribution in [3.05, 3.63) is 94.5 Å². The van der Waals surface area contributed by atoms with Crippen LogP contribution in [0.4, 0.5) is 5.69 Å². The standard InChI is InChI=1S/C23H20ClN3O3/c1-16(28)26-20-10-6-9-17(13-20)23(29)27-25-14-18-7-3-5-12-22(18)30-15-19-8-2-4-11-21(19)24/h2-14H,15H2,1H3,(H,26,28)(H,27,29)/b25-14-. The van der Waals surface area contributed by atoms with Gasteiger partial charge in [-0.3, -0.25) is 9.59 Å². The Kier molecular flexibility index (Phi) is 7.19. The molecule has 0 unspecified atom stereocenters. The summed E-state index contributed by atoms with van der Waals surface area (Å²) < 4.78 is 5.87. The Bertz CT molecular complexity index is 1080. The van der Waals surface area contributed by atoms with Crippen molar-refractivity contribution in [2.24, 2.45) is 5.10 Å². The molecule has 152 valence electrons. The molecule has 6 nitrogen and oxygen atoms in total. The lowest BCUT2D eigenvalue weighted by atomic mass is 10.2. The van der Waals surface area contributed by atoms with E-state index in [-0.39, 0.29) is 5.91 Å². The molecule has 0 aliphatic rings. The second kappa shape index (κ2) is 10.2. The predicted molar refractivity (Wildman–Crippen MR) is 118 cm³/mol. The van der Waals surface area contributed by atoms with Crippen molar-refractivity contribution in [2.45, 2.75) is 13.5 Å². The lowest BCUT2D eigenvalue weighted by Gasteiger charge is -2.10. The zero-order valence-electron chi connectivity index (χ0n) is 16.3. The molecule has 0 fully saturated rings. The van der Waals surface area contributed by atoms with Crippen LogP contribution in [-0.2, 0) is 11.4 Å². The molecule has 0 atom stereocenters. The normalized spacial score (nSPS) is 10.6. The molecule has 3 aromatic carbocycles. The van der Waals surface area contributed by atoms with Gasteiger partial charge in [0.05, 0.1) is 6.21 Å². The van der Waals surface area contributed by atoms with Crippen LogP contribution in [-0.4, -0.2) is 18.0 Å². The summed E-state index contributed by atoms with van der Waals surface area (Å²) >= 11 is 6.17. The van der Waals surface area contributed by atoms with Crippen LogP contribution in [0.2, 0.25) is 5.02 Å². The molecule has 0 saturated carbocycles. The molecule has 7 heteroatoms. The minimum absolute atomic E-state index is 0.209. The Morgan fingerprint density at radius 3 is 2.60 bits per heavy atom. The number of rotatable bonds is 7. The molecular weight excluding hydrogens is 402 g/mol. The summed E-state index contributed by atoms with van der Waals surface area (Å²) in [7, 11) is 0. The van der Waals surface area contributed by atoms with Crippen LogP contribution in [0.5, 0.6) is 5.75 Å². The van der Waals surface area contributed by atoms with Crippen molar-refractivity contribution >= 4 is 35.3 Å². The maximum Gasteiger partial charge on any atom is 0.271 e. The number of hydrogen-bond acceptors (Lipinski definition) is 4. The van der Waals surface area contributed by atoms with E-state index in [2.05, 4.69) is 15.8 Å². The van der Waals surface area contributed by atoms with Crippen molar-refractivity contribution < 1.29 is 14.3 Å². The molecular formula is C23H20ClN3O3. The number of carbonyl (C=O) groups is 2. The van der Waals surface area contributed by atoms with Gasteiger partial charge in [0.25, 0.3) is 5.91 Å². The molecule has 0 aromatic heterocycles. The number of hydrogen-bond donors (Lipinski definition) is 2.